The van der Waals surface area contributed by atoms with Crippen molar-refractivity contribution in [2.45, 2.75) is 39.0 Å². The van der Waals surface area contributed by atoms with Crippen LogP contribution in [-0.2, 0) is 16.6 Å². The zero-order valence-electron chi connectivity index (χ0n) is 12.3. The molecule has 0 saturated heterocycles. The Morgan fingerprint density at radius 1 is 1.25 bits per heavy atom. The van der Waals surface area contributed by atoms with Crippen molar-refractivity contribution in [2.75, 3.05) is 0 Å². The van der Waals surface area contributed by atoms with Gasteiger partial charge in [0.1, 0.15) is 0 Å². The van der Waals surface area contributed by atoms with Gasteiger partial charge in [0.15, 0.2) is 0 Å². The van der Waals surface area contributed by atoms with Gasteiger partial charge in [0, 0.05) is 17.2 Å². The molecule has 0 spiro atoms. The summed E-state index contributed by atoms with van der Waals surface area (Å²) in [5.74, 6) is -0.242. The van der Waals surface area contributed by atoms with E-state index in [1.807, 2.05) is 35.8 Å². The lowest BCUT2D eigenvalue weighted by Crippen LogP contribution is -2.10. The number of benzene rings is 1. The van der Waals surface area contributed by atoms with E-state index >= 15 is 0 Å². The van der Waals surface area contributed by atoms with Crippen LogP contribution in [0.2, 0.25) is 0 Å². The van der Waals surface area contributed by atoms with Gasteiger partial charge in [-0.2, -0.15) is 0 Å². The van der Waals surface area contributed by atoms with Crippen LogP contribution in [0.3, 0.4) is 0 Å². The van der Waals surface area contributed by atoms with Crippen molar-refractivity contribution >= 4 is 17.2 Å². The van der Waals surface area contributed by atoms with E-state index in [1.165, 1.54) is 5.69 Å². The third-order valence-electron chi connectivity index (χ3n) is 2.70. The second kappa shape index (κ2) is 7.80. The Hall–Kier alpha value is -1.68. The Morgan fingerprint density at radius 2 is 1.90 bits per heavy atom. The predicted molar refractivity (Wildman–Crippen MR) is 84.8 cm³/mol. The maximum absolute atomic E-state index is 10.4. The quantitative estimate of drug-likeness (QED) is 0.940. The van der Waals surface area contributed by atoms with Crippen LogP contribution >= 0.6 is 11.3 Å². The molecule has 0 radical (unpaired) electrons. The number of aromatic nitrogens is 1. The van der Waals surface area contributed by atoms with Crippen LogP contribution in [0.15, 0.2) is 41.2 Å². The number of nitrogens with zero attached hydrogens (tertiary/aromatic N) is 1. The molecular formula is C16H22N2OS. The first-order valence-corrected chi connectivity index (χ1v) is 7.55. The molecule has 2 aromatic rings. The summed E-state index contributed by atoms with van der Waals surface area (Å²) in [5.41, 5.74) is 9.45. The normalized spacial score (nSPS) is 10.6. The summed E-state index contributed by atoms with van der Waals surface area (Å²) in [6.07, 6.45) is 1.18. The highest BCUT2D eigenvalue weighted by atomic mass is 32.1. The fourth-order valence-corrected chi connectivity index (χ4v) is 2.27. The first-order chi connectivity index (χ1) is 9.39. The van der Waals surface area contributed by atoms with E-state index < -0.39 is 0 Å². The van der Waals surface area contributed by atoms with E-state index in [-0.39, 0.29) is 11.3 Å². The van der Waals surface area contributed by atoms with Crippen LogP contribution in [0.4, 0.5) is 0 Å². The van der Waals surface area contributed by atoms with Crippen molar-refractivity contribution in [3.63, 3.8) is 0 Å². The van der Waals surface area contributed by atoms with Gasteiger partial charge in [-0.25, -0.2) is 4.98 Å². The minimum absolute atomic E-state index is 0.222. The van der Waals surface area contributed by atoms with Crippen molar-refractivity contribution in [3.8, 4) is 0 Å². The predicted octanol–water partition coefficient (Wildman–Crippen LogP) is 3.55. The molecule has 3 nitrogen and oxygen atoms in total. The second-order valence-electron chi connectivity index (χ2n) is 5.58. The summed E-state index contributed by atoms with van der Waals surface area (Å²) in [6.45, 7) is 6.51. The Balaban J connectivity index is 0.000000204. The number of carbonyl (C=O) groups is 1. The molecular weight excluding hydrogens is 268 g/mol. The SMILES string of the molecule is CC(C)(C)c1cscn1.NC(=O)CCc1ccccc1. The lowest BCUT2D eigenvalue weighted by atomic mass is 9.93. The second-order valence-corrected chi connectivity index (χ2v) is 6.29. The molecule has 0 fully saturated rings. The van der Waals surface area contributed by atoms with E-state index in [0.717, 1.165) is 12.0 Å². The zero-order valence-corrected chi connectivity index (χ0v) is 13.1. The average Bonchev–Trinajstić information content (AvgIpc) is 2.92. The maximum Gasteiger partial charge on any atom is 0.217 e. The van der Waals surface area contributed by atoms with E-state index in [0.29, 0.717) is 6.42 Å². The monoisotopic (exact) mass is 290 g/mol. The van der Waals surface area contributed by atoms with Crippen LogP contribution in [0.25, 0.3) is 0 Å². The first-order valence-electron chi connectivity index (χ1n) is 6.60. The highest BCUT2D eigenvalue weighted by Crippen LogP contribution is 2.20. The maximum atomic E-state index is 10.4. The Kier molecular flexibility index (Phi) is 6.39. The van der Waals surface area contributed by atoms with Crippen LogP contribution in [-0.4, -0.2) is 10.9 Å². The largest absolute Gasteiger partial charge is 0.370 e. The van der Waals surface area contributed by atoms with Crippen molar-refractivity contribution in [1.29, 1.82) is 0 Å². The number of rotatable bonds is 3. The van der Waals surface area contributed by atoms with Gasteiger partial charge in [0.25, 0.3) is 0 Å². The molecule has 108 valence electrons. The number of thiazole rings is 1. The lowest BCUT2D eigenvalue weighted by Gasteiger charge is -2.13. The Morgan fingerprint density at radius 3 is 2.30 bits per heavy atom. The lowest BCUT2D eigenvalue weighted by molar-refractivity contribution is -0.117. The van der Waals surface area contributed by atoms with Gasteiger partial charge in [0.05, 0.1) is 11.2 Å². The molecule has 4 heteroatoms. The van der Waals surface area contributed by atoms with Gasteiger partial charge in [0.2, 0.25) is 5.91 Å². The Bertz CT molecular complexity index is 501. The highest BCUT2D eigenvalue weighted by molar-refractivity contribution is 7.07. The molecule has 0 aliphatic carbocycles. The first kappa shape index (κ1) is 16.4. The fraction of sp³-hybridized carbons (Fsp3) is 0.375. The van der Waals surface area contributed by atoms with Gasteiger partial charge in [-0.05, 0) is 12.0 Å². The molecule has 1 aromatic carbocycles. The summed E-state index contributed by atoms with van der Waals surface area (Å²) in [7, 11) is 0. The van der Waals surface area contributed by atoms with Crippen molar-refractivity contribution in [3.05, 3.63) is 52.5 Å². The van der Waals surface area contributed by atoms with Gasteiger partial charge in [-0.3, -0.25) is 4.79 Å². The highest BCUT2D eigenvalue weighted by Gasteiger charge is 2.14. The van der Waals surface area contributed by atoms with E-state index in [1.54, 1.807) is 11.3 Å². The van der Waals surface area contributed by atoms with Crippen molar-refractivity contribution in [2.24, 2.45) is 5.73 Å². The topological polar surface area (TPSA) is 56.0 Å². The van der Waals surface area contributed by atoms with E-state index in [4.69, 9.17) is 5.73 Å². The Labute approximate surface area is 124 Å². The molecule has 0 saturated carbocycles. The molecule has 2 N–H and O–H groups in total. The molecule has 0 bridgehead atoms. The number of carbonyl (C=O) groups excluding carboxylic acids is 1. The number of primary amides is 1. The van der Waals surface area contributed by atoms with Gasteiger partial charge >= 0.3 is 0 Å². The third kappa shape index (κ3) is 6.48. The smallest absolute Gasteiger partial charge is 0.217 e. The molecule has 0 aliphatic heterocycles. The summed E-state index contributed by atoms with van der Waals surface area (Å²) in [6, 6.07) is 9.84. The van der Waals surface area contributed by atoms with Crippen LogP contribution in [0, 0.1) is 0 Å². The number of hydrogen-bond donors (Lipinski definition) is 1. The fourth-order valence-electron chi connectivity index (χ4n) is 1.50. The van der Waals surface area contributed by atoms with E-state index in [2.05, 4.69) is 31.1 Å². The molecule has 20 heavy (non-hydrogen) atoms. The minimum atomic E-state index is -0.242. The van der Waals surface area contributed by atoms with Gasteiger partial charge in [-0.1, -0.05) is 51.1 Å². The van der Waals surface area contributed by atoms with Crippen LogP contribution in [0.5, 0.6) is 0 Å². The number of hydrogen-bond acceptors (Lipinski definition) is 3. The van der Waals surface area contributed by atoms with E-state index in [9.17, 15) is 4.79 Å². The molecule has 0 aliphatic rings. The summed E-state index contributed by atoms with van der Waals surface area (Å²) in [4.78, 5) is 14.6. The molecule has 0 unspecified atom stereocenters. The summed E-state index contributed by atoms with van der Waals surface area (Å²) in [5, 5.41) is 2.10. The number of aryl methyl sites for hydroxylation is 1. The minimum Gasteiger partial charge on any atom is -0.370 e. The zero-order chi connectivity index (χ0) is 15.0. The van der Waals surface area contributed by atoms with Gasteiger partial charge < -0.3 is 5.73 Å². The molecule has 1 amide bonds. The van der Waals surface area contributed by atoms with Crippen LogP contribution < -0.4 is 5.73 Å². The summed E-state index contributed by atoms with van der Waals surface area (Å²) < 4.78 is 0. The van der Waals surface area contributed by atoms with Crippen molar-refractivity contribution < 1.29 is 4.79 Å². The molecule has 0 atom stereocenters. The number of amides is 1. The molecule has 1 heterocycles. The van der Waals surface area contributed by atoms with Crippen molar-refractivity contribution in [1.82, 2.24) is 4.98 Å². The molecule has 2 rings (SSSR count). The number of nitrogens with two attached hydrogens (primary N) is 1. The van der Waals surface area contributed by atoms with Crippen LogP contribution in [0.1, 0.15) is 38.4 Å². The standard InChI is InChI=1S/C9H11NO.C7H11NS/c10-9(11)7-6-8-4-2-1-3-5-8;1-7(2,3)6-4-9-5-8-6/h1-5H,6-7H2,(H2,10,11);4-5H,1-3H3. The molecule has 1 aromatic heterocycles. The van der Waals surface area contributed by atoms with Gasteiger partial charge in [-0.15, -0.1) is 11.3 Å². The third-order valence-corrected chi connectivity index (χ3v) is 3.29. The summed E-state index contributed by atoms with van der Waals surface area (Å²) >= 11 is 1.66. The average molecular weight is 290 g/mol.